The van der Waals surface area contributed by atoms with Crippen LogP contribution in [0, 0.1) is 0 Å². The van der Waals surface area contributed by atoms with E-state index in [-0.39, 0.29) is 23.5 Å². The molecule has 0 aromatic carbocycles. The average Bonchev–Trinajstić information content (AvgIpc) is 3.12. The fourth-order valence-electron chi connectivity index (χ4n) is 2.52. The van der Waals surface area contributed by atoms with Crippen LogP contribution in [-0.2, 0) is 10.0 Å². The molecule has 10 heteroatoms. The normalized spacial score (nSPS) is 20.8. The van der Waals surface area contributed by atoms with Crippen LogP contribution in [0.5, 0.6) is 0 Å². The van der Waals surface area contributed by atoms with Crippen molar-refractivity contribution in [3.8, 4) is 0 Å². The van der Waals surface area contributed by atoms with E-state index < -0.39 is 10.0 Å². The number of sulfonamides is 1. The predicted octanol–water partition coefficient (Wildman–Crippen LogP) is -0.173. The fraction of sp³-hybridized carbons (Fsp3) is 0.500. The molecular weight excluding hydrogens is 302 g/mol. The summed E-state index contributed by atoms with van der Waals surface area (Å²) < 4.78 is 28.5. The first-order chi connectivity index (χ1) is 9.59. The molecule has 1 aliphatic heterocycles. The molecule has 1 atom stereocenters. The summed E-state index contributed by atoms with van der Waals surface area (Å²) in [4.78, 5) is 4.71. The van der Waals surface area contributed by atoms with E-state index >= 15 is 0 Å². The van der Waals surface area contributed by atoms with Crippen LogP contribution in [0.3, 0.4) is 0 Å². The van der Waals surface area contributed by atoms with Gasteiger partial charge in [-0.1, -0.05) is 0 Å². The second-order valence-corrected chi connectivity index (χ2v) is 7.24. The number of hydrogen-bond donors (Lipinski definition) is 3. The Labute approximate surface area is 119 Å². The minimum Gasteiger partial charge on any atom is -0.395 e. The molecule has 1 aliphatic rings. The molecule has 1 fully saturated rings. The number of aliphatic hydroxyl groups excluding tert-OH is 1. The van der Waals surface area contributed by atoms with E-state index in [4.69, 9.17) is 5.84 Å². The van der Waals surface area contributed by atoms with Crippen LogP contribution in [0.1, 0.15) is 12.8 Å². The number of rotatable bonds is 4. The maximum atomic E-state index is 12.8. The Hall–Kier alpha value is -1.20. The number of nitrogens with zero attached hydrogens (tertiary/aromatic N) is 3. The van der Waals surface area contributed by atoms with Gasteiger partial charge in [-0.15, -0.1) is 11.3 Å². The van der Waals surface area contributed by atoms with Crippen LogP contribution in [0.25, 0.3) is 4.96 Å². The molecule has 1 unspecified atom stereocenters. The summed E-state index contributed by atoms with van der Waals surface area (Å²) in [5.74, 6) is 5.51. The maximum absolute atomic E-state index is 12.8. The quantitative estimate of drug-likeness (QED) is 0.533. The zero-order chi connectivity index (χ0) is 14.3. The summed E-state index contributed by atoms with van der Waals surface area (Å²) >= 11 is 1.33. The van der Waals surface area contributed by atoms with Crippen molar-refractivity contribution in [2.75, 3.05) is 18.6 Å². The third kappa shape index (κ3) is 1.91. The van der Waals surface area contributed by atoms with Crippen LogP contribution >= 0.6 is 11.3 Å². The number of aromatic nitrogens is 2. The van der Waals surface area contributed by atoms with Crippen LogP contribution in [-0.4, -0.2) is 46.4 Å². The topological polar surface area (TPSA) is 113 Å². The summed E-state index contributed by atoms with van der Waals surface area (Å²) in [5, 5.41) is 11.1. The van der Waals surface area contributed by atoms with Gasteiger partial charge < -0.3 is 10.5 Å². The summed E-state index contributed by atoms with van der Waals surface area (Å²) in [6, 6.07) is -0.380. The van der Waals surface area contributed by atoms with Gasteiger partial charge in [-0.2, -0.15) is 9.29 Å². The minimum absolute atomic E-state index is 0.0246. The van der Waals surface area contributed by atoms with Gasteiger partial charge in [0, 0.05) is 24.2 Å². The highest BCUT2D eigenvalue weighted by Gasteiger charge is 2.38. The van der Waals surface area contributed by atoms with Gasteiger partial charge in [0.15, 0.2) is 10.8 Å². The zero-order valence-electron chi connectivity index (χ0n) is 10.6. The third-order valence-corrected chi connectivity index (χ3v) is 6.18. The van der Waals surface area contributed by atoms with Gasteiger partial charge in [-0.3, -0.25) is 4.40 Å². The van der Waals surface area contributed by atoms with Crippen molar-refractivity contribution < 1.29 is 13.5 Å². The molecule has 2 aromatic heterocycles. The van der Waals surface area contributed by atoms with Crippen molar-refractivity contribution in [3.63, 3.8) is 0 Å². The zero-order valence-corrected chi connectivity index (χ0v) is 12.2. The Morgan fingerprint density at radius 3 is 3.10 bits per heavy atom. The van der Waals surface area contributed by atoms with Crippen LogP contribution in [0.2, 0.25) is 0 Å². The van der Waals surface area contributed by atoms with E-state index in [1.54, 1.807) is 11.6 Å². The van der Waals surface area contributed by atoms with E-state index in [0.717, 1.165) is 6.42 Å². The van der Waals surface area contributed by atoms with E-state index in [1.807, 2.05) is 0 Å². The second kappa shape index (κ2) is 4.97. The van der Waals surface area contributed by atoms with Gasteiger partial charge in [0.25, 0.3) is 10.0 Å². The summed E-state index contributed by atoms with van der Waals surface area (Å²) in [5.41, 5.74) is 2.34. The standard InChI is InChI=1S/C10H15N5O3S2/c11-13-8-9(14-4-5-19-10(14)12-8)20(17,18)15-3-1-2-7(15)6-16/h4-5,7,13,16H,1-3,6,11H2. The Morgan fingerprint density at radius 1 is 1.60 bits per heavy atom. The minimum atomic E-state index is -3.76. The van der Waals surface area contributed by atoms with Crippen molar-refractivity contribution in [3.05, 3.63) is 11.6 Å². The molecule has 0 bridgehead atoms. The van der Waals surface area contributed by atoms with Gasteiger partial charge >= 0.3 is 0 Å². The monoisotopic (exact) mass is 317 g/mol. The Morgan fingerprint density at radius 2 is 2.40 bits per heavy atom. The number of aliphatic hydroxyl groups is 1. The van der Waals surface area contributed by atoms with Crippen molar-refractivity contribution in [2.45, 2.75) is 23.9 Å². The van der Waals surface area contributed by atoms with Crippen LogP contribution in [0.4, 0.5) is 5.82 Å². The molecule has 2 aromatic rings. The first-order valence-corrected chi connectivity index (χ1v) is 8.46. The van der Waals surface area contributed by atoms with Crippen molar-refractivity contribution in [1.29, 1.82) is 0 Å². The molecule has 0 spiro atoms. The van der Waals surface area contributed by atoms with Gasteiger partial charge in [-0.05, 0) is 12.8 Å². The molecule has 3 rings (SSSR count). The van der Waals surface area contributed by atoms with E-state index in [9.17, 15) is 13.5 Å². The first kappa shape index (κ1) is 13.8. The smallest absolute Gasteiger partial charge is 0.263 e. The number of fused-ring (bicyclic) bond motifs is 1. The second-order valence-electron chi connectivity index (χ2n) is 4.56. The number of nitrogen functional groups attached to an aromatic ring is 1. The van der Waals surface area contributed by atoms with E-state index in [0.29, 0.717) is 17.9 Å². The number of nitrogens with one attached hydrogen (secondary N) is 1. The van der Waals surface area contributed by atoms with Crippen molar-refractivity contribution in [1.82, 2.24) is 13.7 Å². The highest BCUT2D eigenvalue weighted by Crippen LogP contribution is 2.31. The number of nitrogens with two attached hydrogens (primary N) is 1. The number of imidazole rings is 1. The number of hydrogen-bond acceptors (Lipinski definition) is 7. The largest absolute Gasteiger partial charge is 0.395 e. The highest BCUT2D eigenvalue weighted by atomic mass is 32.2. The molecule has 110 valence electrons. The summed E-state index contributed by atoms with van der Waals surface area (Å²) in [6.45, 7) is 0.213. The third-order valence-electron chi connectivity index (χ3n) is 3.44. The molecule has 0 aliphatic carbocycles. The predicted molar refractivity (Wildman–Crippen MR) is 74.9 cm³/mol. The molecule has 20 heavy (non-hydrogen) atoms. The lowest BCUT2D eigenvalue weighted by molar-refractivity contribution is 0.213. The Balaban J connectivity index is 2.15. The van der Waals surface area contributed by atoms with Gasteiger partial charge in [0.2, 0.25) is 5.03 Å². The average molecular weight is 317 g/mol. The molecular formula is C10H15N5O3S2. The molecule has 8 nitrogen and oxygen atoms in total. The number of hydrazine groups is 1. The number of anilines is 1. The van der Waals surface area contributed by atoms with Gasteiger partial charge in [-0.25, -0.2) is 14.3 Å². The lowest BCUT2D eigenvalue weighted by Gasteiger charge is -2.22. The highest BCUT2D eigenvalue weighted by molar-refractivity contribution is 7.89. The van der Waals surface area contributed by atoms with Gasteiger partial charge in [0.1, 0.15) is 0 Å². The maximum Gasteiger partial charge on any atom is 0.263 e. The SMILES string of the molecule is NNc1nc2sccn2c1S(=O)(=O)N1CCCC1CO. The molecule has 1 saturated heterocycles. The van der Waals surface area contributed by atoms with Crippen LogP contribution < -0.4 is 11.3 Å². The Kier molecular flexibility index (Phi) is 3.42. The fourth-order valence-corrected chi connectivity index (χ4v) is 5.20. The van der Waals surface area contributed by atoms with E-state index in [2.05, 4.69) is 10.4 Å². The summed E-state index contributed by atoms with van der Waals surface area (Å²) in [7, 11) is -3.76. The molecule has 0 amide bonds. The van der Waals surface area contributed by atoms with Crippen molar-refractivity contribution >= 4 is 32.1 Å². The Bertz CT molecular complexity index is 722. The van der Waals surface area contributed by atoms with Gasteiger partial charge in [0.05, 0.1) is 6.61 Å². The number of thiazole rings is 1. The van der Waals surface area contributed by atoms with Crippen LogP contribution in [0.15, 0.2) is 16.6 Å². The summed E-state index contributed by atoms with van der Waals surface area (Å²) in [6.07, 6.45) is 3.04. The molecule has 4 N–H and O–H groups in total. The molecule has 0 radical (unpaired) electrons. The first-order valence-electron chi connectivity index (χ1n) is 6.14. The lowest BCUT2D eigenvalue weighted by Crippen LogP contribution is -2.38. The molecule has 3 heterocycles. The van der Waals surface area contributed by atoms with Crippen molar-refractivity contribution in [2.24, 2.45) is 5.84 Å². The van der Waals surface area contributed by atoms with E-state index in [1.165, 1.54) is 20.0 Å². The molecule has 0 saturated carbocycles. The lowest BCUT2D eigenvalue weighted by atomic mass is 10.2.